The van der Waals surface area contributed by atoms with Crippen molar-refractivity contribution in [3.63, 3.8) is 0 Å². The van der Waals surface area contributed by atoms with Gasteiger partial charge in [-0.15, -0.1) is 0 Å². The predicted octanol–water partition coefficient (Wildman–Crippen LogP) is 5.08. The molecular weight excluding hydrogens is 298 g/mol. The number of hydrogen-bond acceptors (Lipinski definition) is 3. The minimum atomic E-state index is 0.266. The second kappa shape index (κ2) is 7.70. The number of rotatable bonds is 5. The summed E-state index contributed by atoms with van der Waals surface area (Å²) in [4.78, 5) is 0. The standard InChI is InChI=1S/C21H21NO2/c1-23-20-12-11-16(14-21(20)24-19-9-5-6-10-19)13-18(15-22)17-7-3-2-4-8-17/h2-4,7-8,11-14,19H,5-6,9-10H2,1H3. The molecule has 0 N–H and O–H groups in total. The van der Waals surface area contributed by atoms with Crippen molar-refractivity contribution in [1.29, 1.82) is 5.26 Å². The molecule has 3 nitrogen and oxygen atoms in total. The Bertz CT molecular complexity index is 753. The molecular formula is C21H21NO2. The van der Waals surface area contributed by atoms with Crippen LogP contribution in [0.3, 0.4) is 0 Å². The molecule has 1 fully saturated rings. The molecule has 24 heavy (non-hydrogen) atoms. The molecule has 0 amide bonds. The van der Waals surface area contributed by atoms with Crippen LogP contribution in [0, 0.1) is 11.3 Å². The van der Waals surface area contributed by atoms with Crippen LogP contribution in [0.15, 0.2) is 48.5 Å². The summed E-state index contributed by atoms with van der Waals surface area (Å²) in [6, 6.07) is 17.8. The summed E-state index contributed by atoms with van der Waals surface area (Å²) in [7, 11) is 1.65. The second-order valence-corrected chi connectivity index (χ2v) is 5.97. The first-order valence-electron chi connectivity index (χ1n) is 8.32. The monoisotopic (exact) mass is 319 g/mol. The molecule has 1 saturated carbocycles. The summed E-state index contributed by atoms with van der Waals surface area (Å²) in [5, 5.41) is 9.47. The third-order valence-corrected chi connectivity index (χ3v) is 4.30. The lowest BCUT2D eigenvalue weighted by molar-refractivity contribution is 0.201. The maximum Gasteiger partial charge on any atom is 0.162 e. The molecule has 0 saturated heterocycles. The molecule has 0 aromatic heterocycles. The third kappa shape index (κ3) is 3.78. The first-order chi connectivity index (χ1) is 11.8. The molecule has 1 aliphatic rings. The van der Waals surface area contributed by atoms with Gasteiger partial charge in [0.1, 0.15) is 0 Å². The maximum atomic E-state index is 9.47. The van der Waals surface area contributed by atoms with Gasteiger partial charge >= 0.3 is 0 Å². The fourth-order valence-electron chi connectivity index (χ4n) is 3.03. The Morgan fingerprint density at radius 2 is 1.83 bits per heavy atom. The smallest absolute Gasteiger partial charge is 0.162 e. The quantitative estimate of drug-likeness (QED) is 0.570. The summed E-state index contributed by atoms with van der Waals surface area (Å²) in [6.45, 7) is 0. The maximum absolute atomic E-state index is 9.47. The van der Waals surface area contributed by atoms with Gasteiger partial charge in [0.15, 0.2) is 11.5 Å². The van der Waals surface area contributed by atoms with E-state index >= 15 is 0 Å². The van der Waals surface area contributed by atoms with Crippen molar-refractivity contribution in [3.05, 3.63) is 59.7 Å². The lowest BCUT2D eigenvalue weighted by atomic mass is 10.0. The number of benzene rings is 2. The van der Waals surface area contributed by atoms with Gasteiger partial charge in [0.25, 0.3) is 0 Å². The number of nitriles is 1. The van der Waals surface area contributed by atoms with Crippen LogP contribution in [0.4, 0.5) is 0 Å². The van der Waals surface area contributed by atoms with Gasteiger partial charge in [0.05, 0.1) is 24.9 Å². The predicted molar refractivity (Wildman–Crippen MR) is 95.8 cm³/mol. The average Bonchev–Trinajstić information content (AvgIpc) is 3.14. The van der Waals surface area contributed by atoms with Crippen molar-refractivity contribution in [2.75, 3.05) is 7.11 Å². The van der Waals surface area contributed by atoms with Crippen LogP contribution in [-0.4, -0.2) is 13.2 Å². The molecule has 0 atom stereocenters. The van der Waals surface area contributed by atoms with Crippen LogP contribution in [0.25, 0.3) is 11.6 Å². The van der Waals surface area contributed by atoms with Gasteiger partial charge in [-0.3, -0.25) is 0 Å². The zero-order valence-electron chi connectivity index (χ0n) is 13.9. The van der Waals surface area contributed by atoms with Gasteiger partial charge in [0.2, 0.25) is 0 Å². The van der Waals surface area contributed by atoms with Crippen LogP contribution >= 0.6 is 0 Å². The van der Waals surface area contributed by atoms with Gasteiger partial charge in [0, 0.05) is 0 Å². The summed E-state index contributed by atoms with van der Waals surface area (Å²) in [5.41, 5.74) is 2.48. The molecule has 122 valence electrons. The number of allylic oxidation sites excluding steroid dienone is 1. The van der Waals surface area contributed by atoms with E-state index < -0.39 is 0 Å². The zero-order valence-corrected chi connectivity index (χ0v) is 13.9. The summed E-state index contributed by atoms with van der Waals surface area (Å²) >= 11 is 0. The largest absolute Gasteiger partial charge is 0.493 e. The molecule has 0 unspecified atom stereocenters. The number of methoxy groups -OCH3 is 1. The highest BCUT2D eigenvalue weighted by Crippen LogP contribution is 2.33. The molecule has 3 heteroatoms. The summed E-state index contributed by atoms with van der Waals surface area (Å²) < 4.78 is 11.5. The SMILES string of the molecule is COc1ccc(C=C(C#N)c2ccccc2)cc1OC1CCCC1. The molecule has 0 bridgehead atoms. The second-order valence-electron chi connectivity index (χ2n) is 5.97. The van der Waals surface area contributed by atoms with E-state index in [-0.39, 0.29) is 6.10 Å². The first kappa shape index (κ1) is 16.1. The van der Waals surface area contributed by atoms with E-state index in [9.17, 15) is 5.26 Å². The topological polar surface area (TPSA) is 42.2 Å². The highest BCUT2D eigenvalue weighted by molar-refractivity contribution is 5.89. The summed E-state index contributed by atoms with van der Waals surface area (Å²) in [6.07, 6.45) is 6.78. The van der Waals surface area contributed by atoms with Crippen molar-refractivity contribution in [1.82, 2.24) is 0 Å². The zero-order chi connectivity index (χ0) is 16.8. The van der Waals surface area contributed by atoms with Crippen LogP contribution in [0.1, 0.15) is 36.8 Å². The molecule has 1 aliphatic carbocycles. The van der Waals surface area contributed by atoms with Crippen molar-refractivity contribution in [2.24, 2.45) is 0 Å². The van der Waals surface area contributed by atoms with E-state index in [2.05, 4.69) is 6.07 Å². The molecule has 0 aliphatic heterocycles. The van der Waals surface area contributed by atoms with E-state index in [0.717, 1.165) is 35.5 Å². The Kier molecular flexibility index (Phi) is 5.18. The summed E-state index contributed by atoms with van der Waals surface area (Å²) in [5.74, 6) is 1.49. The Balaban J connectivity index is 1.90. The van der Waals surface area contributed by atoms with Crippen molar-refractivity contribution < 1.29 is 9.47 Å². The Labute approximate surface area is 143 Å². The lowest BCUT2D eigenvalue weighted by Crippen LogP contribution is -2.11. The fourth-order valence-corrected chi connectivity index (χ4v) is 3.03. The van der Waals surface area contributed by atoms with Crippen LogP contribution in [-0.2, 0) is 0 Å². The lowest BCUT2D eigenvalue weighted by Gasteiger charge is -2.16. The fraction of sp³-hybridized carbons (Fsp3) is 0.286. The van der Waals surface area contributed by atoms with E-state index in [0.29, 0.717) is 5.57 Å². The van der Waals surface area contributed by atoms with E-state index in [1.165, 1.54) is 12.8 Å². The Hall–Kier alpha value is -2.73. The molecule has 2 aromatic rings. The Morgan fingerprint density at radius 1 is 1.08 bits per heavy atom. The van der Waals surface area contributed by atoms with E-state index in [1.807, 2.05) is 54.6 Å². The normalized spacial score (nSPS) is 15.1. The molecule has 0 heterocycles. The van der Waals surface area contributed by atoms with Gasteiger partial charge in [-0.1, -0.05) is 36.4 Å². The number of ether oxygens (including phenoxy) is 2. The molecule has 3 rings (SSSR count). The van der Waals surface area contributed by atoms with E-state index in [1.54, 1.807) is 7.11 Å². The minimum absolute atomic E-state index is 0.266. The number of nitrogens with zero attached hydrogens (tertiary/aromatic N) is 1. The highest BCUT2D eigenvalue weighted by atomic mass is 16.5. The third-order valence-electron chi connectivity index (χ3n) is 4.30. The number of hydrogen-bond donors (Lipinski definition) is 0. The Morgan fingerprint density at radius 3 is 2.50 bits per heavy atom. The highest BCUT2D eigenvalue weighted by Gasteiger charge is 2.18. The van der Waals surface area contributed by atoms with Gasteiger partial charge in [-0.25, -0.2) is 0 Å². The van der Waals surface area contributed by atoms with E-state index in [4.69, 9.17) is 9.47 Å². The van der Waals surface area contributed by atoms with Crippen molar-refractivity contribution in [2.45, 2.75) is 31.8 Å². The molecule has 0 radical (unpaired) electrons. The van der Waals surface area contributed by atoms with Crippen LogP contribution < -0.4 is 9.47 Å². The molecule has 0 spiro atoms. The van der Waals surface area contributed by atoms with Crippen LogP contribution in [0.2, 0.25) is 0 Å². The van der Waals surface area contributed by atoms with Gasteiger partial charge in [-0.05, 0) is 55.0 Å². The van der Waals surface area contributed by atoms with Gasteiger partial charge < -0.3 is 9.47 Å². The minimum Gasteiger partial charge on any atom is -0.493 e. The van der Waals surface area contributed by atoms with Gasteiger partial charge in [-0.2, -0.15) is 5.26 Å². The van der Waals surface area contributed by atoms with Crippen molar-refractivity contribution >= 4 is 11.6 Å². The molecule has 2 aromatic carbocycles. The first-order valence-corrected chi connectivity index (χ1v) is 8.32. The van der Waals surface area contributed by atoms with Crippen molar-refractivity contribution in [3.8, 4) is 17.6 Å². The van der Waals surface area contributed by atoms with Crippen LogP contribution in [0.5, 0.6) is 11.5 Å². The average molecular weight is 319 g/mol.